The van der Waals surface area contributed by atoms with Crippen LogP contribution >= 0.6 is 0 Å². The highest BCUT2D eigenvalue weighted by atomic mass is 16.5. The summed E-state index contributed by atoms with van der Waals surface area (Å²) in [5, 5.41) is 0. The minimum absolute atomic E-state index is 0.461. The molecule has 2 aromatic rings. The van der Waals surface area contributed by atoms with E-state index in [-0.39, 0.29) is 0 Å². The molecule has 0 unspecified atom stereocenters. The number of carbonyl (C=O) groups is 1. The highest BCUT2D eigenvalue weighted by Crippen LogP contribution is 2.24. The lowest BCUT2D eigenvalue weighted by Gasteiger charge is -2.10. The molecule has 2 rings (SSSR count). The van der Waals surface area contributed by atoms with Crippen LogP contribution < -0.4 is 16.2 Å². The molecule has 0 bridgehead atoms. The number of nitrogen functional groups attached to an aromatic ring is 1. The Labute approximate surface area is 124 Å². The Morgan fingerprint density at radius 1 is 1.24 bits per heavy atom. The Hall–Kier alpha value is -2.75. The number of amides is 1. The molecular formula is C17H18N2O2. The van der Waals surface area contributed by atoms with Gasteiger partial charge in [0.15, 0.2) is 0 Å². The van der Waals surface area contributed by atoms with Gasteiger partial charge in [-0.05, 0) is 36.3 Å². The summed E-state index contributed by atoms with van der Waals surface area (Å²) >= 11 is 0. The molecule has 0 saturated heterocycles. The molecule has 0 heterocycles. The van der Waals surface area contributed by atoms with Gasteiger partial charge in [0.25, 0.3) is 0 Å². The van der Waals surface area contributed by atoms with Gasteiger partial charge in [-0.15, -0.1) is 0 Å². The number of aryl methyl sites for hydroxylation is 1. The van der Waals surface area contributed by atoms with Gasteiger partial charge in [-0.1, -0.05) is 35.9 Å². The zero-order valence-electron chi connectivity index (χ0n) is 11.9. The molecule has 4 nitrogen and oxygen atoms in total. The normalized spacial score (nSPS) is 10.7. The number of hydrogen-bond acceptors (Lipinski definition) is 3. The molecule has 0 aliphatic rings. The van der Waals surface area contributed by atoms with E-state index in [1.165, 1.54) is 11.6 Å². The quantitative estimate of drug-likeness (QED) is 0.653. The number of rotatable bonds is 5. The van der Waals surface area contributed by atoms with Crippen molar-refractivity contribution in [3.8, 4) is 5.75 Å². The van der Waals surface area contributed by atoms with Crippen molar-refractivity contribution in [2.75, 3.05) is 5.73 Å². The number of hydrogen-bond donors (Lipinski definition) is 2. The van der Waals surface area contributed by atoms with E-state index in [2.05, 4.69) is 6.07 Å². The van der Waals surface area contributed by atoms with Crippen molar-refractivity contribution < 1.29 is 9.53 Å². The molecule has 0 atom stereocenters. The van der Waals surface area contributed by atoms with Gasteiger partial charge in [0.1, 0.15) is 12.4 Å². The number of benzene rings is 2. The number of ether oxygens (including phenoxy) is 1. The van der Waals surface area contributed by atoms with Gasteiger partial charge in [-0.3, -0.25) is 4.79 Å². The molecule has 4 N–H and O–H groups in total. The first-order valence-corrected chi connectivity index (χ1v) is 6.60. The van der Waals surface area contributed by atoms with Crippen molar-refractivity contribution in [1.82, 2.24) is 0 Å². The maximum absolute atomic E-state index is 10.7. The smallest absolute Gasteiger partial charge is 0.241 e. The van der Waals surface area contributed by atoms with Crippen LogP contribution in [-0.2, 0) is 11.4 Å². The van der Waals surface area contributed by atoms with Crippen LogP contribution in [0.15, 0.2) is 48.5 Å². The average Bonchev–Trinajstić information content (AvgIpc) is 2.44. The summed E-state index contributed by atoms with van der Waals surface area (Å²) in [5.74, 6) is 0.126. The van der Waals surface area contributed by atoms with E-state index in [0.29, 0.717) is 18.0 Å². The summed E-state index contributed by atoms with van der Waals surface area (Å²) in [6.45, 7) is 2.50. The van der Waals surface area contributed by atoms with E-state index in [1.54, 1.807) is 18.2 Å². The zero-order chi connectivity index (χ0) is 15.2. The SMILES string of the molecule is Cc1cccc(COc2ccc(/C=C\C(N)=O)cc2N)c1. The van der Waals surface area contributed by atoms with Crippen LogP contribution in [-0.4, -0.2) is 5.91 Å². The molecule has 0 spiro atoms. The summed E-state index contributed by atoms with van der Waals surface area (Å²) < 4.78 is 5.72. The molecule has 4 heteroatoms. The minimum Gasteiger partial charge on any atom is -0.487 e. The first kappa shape index (κ1) is 14.7. The molecular weight excluding hydrogens is 264 g/mol. The number of anilines is 1. The fourth-order valence-electron chi connectivity index (χ4n) is 1.94. The predicted molar refractivity (Wildman–Crippen MR) is 84.6 cm³/mol. The van der Waals surface area contributed by atoms with Crippen LogP contribution in [0.1, 0.15) is 16.7 Å². The summed E-state index contributed by atoms with van der Waals surface area (Å²) in [7, 11) is 0. The topological polar surface area (TPSA) is 78.3 Å². The second kappa shape index (κ2) is 6.61. The lowest BCUT2D eigenvalue weighted by Crippen LogP contribution is -2.05. The second-order valence-corrected chi connectivity index (χ2v) is 4.81. The zero-order valence-corrected chi connectivity index (χ0v) is 11.9. The molecule has 21 heavy (non-hydrogen) atoms. The second-order valence-electron chi connectivity index (χ2n) is 4.81. The Kier molecular flexibility index (Phi) is 4.61. The molecule has 0 radical (unpaired) electrons. The van der Waals surface area contributed by atoms with Gasteiger partial charge in [-0.25, -0.2) is 0 Å². The van der Waals surface area contributed by atoms with E-state index in [0.717, 1.165) is 11.1 Å². The number of primary amides is 1. The number of nitrogens with two attached hydrogens (primary N) is 2. The highest BCUT2D eigenvalue weighted by molar-refractivity contribution is 5.90. The summed E-state index contributed by atoms with van der Waals surface area (Å²) in [6, 6.07) is 13.5. The molecule has 0 saturated carbocycles. The fraction of sp³-hybridized carbons (Fsp3) is 0.118. The third-order valence-corrected chi connectivity index (χ3v) is 2.95. The molecule has 108 valence electrons. The van der Waals surface area contributed by atoms with Crippen LogP contribution in [0.25, 0.3) is 6.08 Å². The Morgan fingerprint density at radius 2 is 2.05 bits per heavy atom. The summed E-state index contributed by atoms with van der Waals surface area (Å²) in [5.41, 5.74) is 14.6. The van der Waals surface area contributed by atoms with Gasteiger partial charge in [0.2, 0.25) is 5.91 Å². The third kappa shape index (κ3) is 4.38. The lowest BCUT2D eigenvalue weighted by molar-refractivity contribution is -0.113. The Balaban J connectivity index is 2.06. The fourth-order valence-corrected chi connectivity index (χ4v) is 1.94. The average molecular weight is 282 g/mol. The van der Waals surface area contributed by atoms with Gasteiger partial charge in [0.05, 0.1) is 5.69 Å². The molecule has 0 aliphatic heterocycles. The van der Waals surface area contributed by atoms with Crippen LogP contribution in [0.4, 0.5) is 5.69 Å². The van der Waals surface area contributed by atoms with Crippen molar-refractivity contribution in [2.45, 2.75) is 13.5 Å². The van der Waals surface area contributed by atoms with E-state index < -0.39 is 5.91 Å². The molecule has 0 aliphatic carbocycles. The van der Waals surface area contributed by atoms with Gasteiger partial charge in [-0.2, -0.15) is 0 Å². The van der Waals surface area contributed by atoms with Crippen molar-refractivity contribution in [1.29, 1.82) is 0 Å². The van der Waals surface area contributed by atoms with Gasteiger partial charge < -0.3 is 16.2 Å². The van der Waals surface area contributed by atoms with Crippen LogP contribution in [0, 0.1) is 6.92 Å². The van der Waals surface area contributed by atoms with Crippen molar-refractivity contribution in [2.24, 2.45) is 5.73 Å². The van der Waals surface area contributed by atoms with Gasteiger partial charge in [0, 0.05) is 6.08 Å². The molecule has 2 aromatic carbocycles. The molecule has 0 aromatic heterocycles. The van der Waals surface area contributed by atoms with Crippen molar-refractivity contribution >= 4 is 17.7 Å². The van der Waals surface area contributed by atoms with Crippen molar-refractivity contribution in [3.05, 3.63) is 65.2 Å². The summed E-state index contributed by atoms with van der Waals surface area (Å²) in [4.78, 5) is 10.7. The Morgan fingerprint density at radius 3 is 2.71 bits per heavy atom. The van der Waals surface area contributed by atoms with E-state index in [1.807, 2.05) is 31.2 Å². The first-order chi connectivity index (χ1) is 10.0. The van der Waals surface area contributed by atoms with Crippen LogP contribution in [0.5, 0.6) is 5.75 Å². The minimum atomic E-state index is -0.492. The summed E-state index contributed by atoms with van der Waals surface area (Å²) in [6.07, 6.45) is 2.91. The highest BCUT2D eigenvalue weighted by Gasteiger charge is 2.02. The Bertz CT molecular complexity index is 678. The van der Waals surface area contributed by atoms with Crippen LogP contribution in [0.2, 0.25) is 0 Å². The lowest BCUT2D eigenvalue weighted by atomic mass is 10.1. The van der Waals surface area contributed by atoms with Crippen molar-refractivity contribution in [3.63, 3.8) is 0 Å². The predicted octanol–water partition coefficient (Wildman–Crippen LogP) is 2.65. The van der Waals surface area contributed by atoms with E-state index in [4.69, 9.17) is 16.2 Å². The monoisotopic (exact) mass is 282 g/mol. The maximum Gasteiger partial charge on any atom is 0.241 e. The number of carbonyl (C=O) groups excluding carboxylic acids is 1. The maximum atomic E-state index is 10.7. The van der Waals surface area contributed by atoms with Gasteiger partial charge >= 0.3 is 0 Å². The first-order valence-electron chi connectivity index (χ1n) is 6.60. The largest absolute Gasteiger partial charge is 0.487 e. The standard InChI is InChI=1S/C17H18N2O2/c1-12-3-2-4-14(9-12)11-21-16-7-5-13(10-15(16)18)6-8-17(19)20/h2-10H,11,18H2,1H3,(H2,19,20)/b8-6-. The third-order valence-electron chi connectivity index (χ3n) is 2.95. The molecule has 0 fully saturated rings. The van der Waals surface area contributed by atoms with E-state index in [9.17, 15) is 4.79 Å². The van der Waals surface area contributed by atoms with Crippen LogP contribution in [0.3, 0.4) is 0 Å². The molecule has 1 amide bonds. The van der Waals surface area contributed by atoms with E-state index >= 15 is 0 Å².